The molecule has 2 rings (SSSR count). The maximum absolute atomic E-state index is 5.32. The third-order valence-electron chi connectivity index (χ3n) is 1.39. The minimum atomic E-state index is 0.447. The number of hydrogen-bond donors (Lipinski definition) is 0. The summed E-state index contributed by atoms with van der Waals surface area (Å²) in [4.78, 5) is 11.9. The topological polar surface area (TPSA) is 47.9 Å². The highest BCUT2D eigenvalue weighted by Crippen LogP contribution is 2.06. The summed E-state index contributed by atoms with van der Waals surface area (Å²) in [7, 11) is 0. The lowest BCUT2D eigenvalue weighted by Gasteiger charge is -2.00. The van der Waals surface area contributed by atoms with E-state index in [1.807, 2.05) is 5.38 Å². The second-order valence-electron chi connectivity index (χ2n) is 2.31. The molecule has 0 fully saturated rings. The second-order valence-corrected chi connectivity index (χ2v) is 3.03. The molecule has 4 nitrogen and oxygen atoms in total. The molecule has 0 aromatic carbocycles. The first-order valence-corrected chi connectivity index (χ1v) is 4.65. The summed E-state index contributed by atoms with van der Waals surface area (Å²) in [5.74, 6) is 0.524. The van der Waals surface area contributed by atoms with Crippen LogP contribution in [0.2, 0.25) is 0 Å². The van der Waals surface area contributed by atoms with Crippen LogP contribution in [-0.4, -0.2) is 15.0 Å². The van der Waals surface area contributed by atoms with Gasteiger partial charge in [0.25, 0.3) is 0 Å². The molecule has 0 amide bonds. The first-order valence-electron chi connectivity index (χ1n) is 3.71. The first-order chi connectivity index (χ1) is 6.45. The summed E-state index contributed by atoms with van der Waals surface area (Å²) in [5, 5.41) is 1.94. The van der Waals surface area contributed by atoms with Gasteiger partial charge in [0.15, 0.2) is 0 Å². The molecule has 0 aliphatic heterocycles. The predicted molar refractivity (Wildman–Crippen MR) is 48.5 cm³/mol. The number of thiazole rings is 1. The molecule has 0 radical (unpaired) electrons. The Hall–Kier alpha value is -1.49. The minimum Gasteiger partial charge on any atom is -0.470 e. The Labute approximate surface area is 79.3 Å². The van der Waals surface area contributed by atoms with Crippen molar-refractivity contribution in [1.29, 1.82) is 0 Å². The van der Waals surface area contributed by atoms with Gasteiger partial charge in [-0.3, -0.25) is 4.98 Å². The van der Waals surface area contributed by atoms with E-state index in [4.69, 9.17) is 4.74 Å². The number of hydrogen-bond acceptors (Lipinski definition) is 5. The van der Waals surface area contributed by atoms with Crippen LogP contribution < -0.4 is 4.74 Å². The van der Waals surface area contributed by atoms with Crippen molar-refractivity contribution in [2.75, 3.05) is 0 Å². The Bertz CT molecular complexity index is 349. The molecule has 0 saturated carbocycles. The Morgan fingerprint density at radius 1 is 1.31 bits per heavy atom. The van der Waals surface area contributed by atoms with E-state index in [0.29, 0.717) is 12.5 Å². The summed E-state index contributed by atoms with van der Waals surface area (Å²) in [5.41, 5.74) is 2.69. The predicted octanol–water partition coefficient (Wildman–Crippen LogP) is 1.51. The van der Waals surface area contributed by atoms with Crippen molar-refractivity contribution in [1.82, 2.24) is 15.0 Å². The number of aromatic nitrogens is 3. The highest BCUT2D eigenvalue weighted by atomic mass is 32.1. The van der Waals surface area contributed by atoms with Crippen LogP contribution in [-0.2, 0) is 6.61 Å². The third-order valence-corrected chi connectivity index (χ3v) is 2.03. The molecule has 0 spiro atoms. The maximum Gasteiger partial charge on any atom is 0.232 e. The molecule has 2 heterocycles. The number of nitrogens with zero attached hydrogens (tertiary/aromatic N) is 3. The molecule has 0 aliphatic rings. The second kappa shape index (κ2) is 3.95. The van der Waals surface area contributed by atoms with Crippen molar-refractivity contribution in [2.24, 2.45) is 0 Å². The molecule has 0 aliphatic carbocycles. The van der Waals surface area contributed by atoms with E-state index in [1.54, 1.807) is 35.4 Å². The summed E-state index contributed by atoms with van der Waals surface area (Å²) in [6.45, 7) is 0.447. The van der Waals surface area contributed by atoms with Gasteiger partial charge in [-0.2, -0.15) is 0 Å². The zero-order valence-electron chi connectivity index (χ0n) is 6.75. The quantitative estimate of drug-likeness (QED) is 0.741. The monoisotopic (exact) mass is 193 g/mol. The van der Waals surface area contributed by atoms with E-state index >= 15 is 0 Å². The van der Waals surface area contributed by atoms with Crippen molar-refractivity contribution < 1.29 is 4.74 Å². The zero-order valence-corrected chi connectivity index (χ0v) is 7.57. The van der Waals surface area contributed by atoms with Crippen molar-refractivity contribution in [2.45, 2.75) is 6.61 Å². The van der Waals surface area contributed by atoms with Crippen LogP contribution in [0.5, 0.6) is 5.88 Å². The molecule has 0 bridgehead atoms. The lowest BCUT2D eigenvalue weighted by atomic mass is 10.5. The van der Waals surface area contributed by atoms with Gasteiger partial charge in [-0.05, 0) is 0 Å². The van der Waals surface area contributed by atoms with Gasteiger partial charge in [0, 0.05) is 17.8 Å². The van der Waals surface area contributed by atoms with E-state index in [0.717, 1.165) is 5.69 Å². The van der Waals surface area contributed by atoms with Crippen LogP contribution in [0, 0.1) is 0 Å². The fourth-order valence-electron chi connectivity index (χ4n) is 0.817. The Balaban J connectivity index is 1.94. The standard InChI is InChI=1S/C8H7N3OS/c1-2-10-8(3-9-1)12-4-7-5-13-6-11-7/h1-3,5-6H,4H2. The molecule has 0 saturated heterocycles. The molecule has 0 unspecified atom stereocenters. The minimum absolute atomic E-state index is 0.447. The lowest BCUT2D eigenvalue weighted by Crippen LogP contribution is -1.97. The van der Waals surface area contributed by atoms with E-state index in [1.165, 1.54) is 0 Å². The van der Waals surface area contributed by atoms with E-state index in [2.05, 4.69) is 15.0 Å². The third kappa shape index (κ3) is 2.22. The van der Waals surface area contributed by atoms with Gasteiger partial charge in [-0.1, -0.05) is 0 Å². The van der Waals surface area contributed by atoms with Gasteiger partial charge in [-0.25, -0.2) is 9.97 Å². The molecule has 66 valence electrons. The fraction of sp³-hybridized carbons (Fsp3) is 0.125. The van der Waals surface area contributed by atoms with Crippen molar-refractivity contribution in [3.05, 3.63) is 35.2 Å². The van der Waals surface area contributed by atoms with Crippen molar-refractivity contribution in [3.8, 4) is 5.88 Å². The van der Waals surface area contributed by atoms with Gasteiger partial charge in [-0.15, -0.1) is 11.3 Å². The first kappa shape index (κ1) is 8.12. The van der Waals surface area contributed by atoms with Crippen LogP contribution >= 0.6 is 11.3 Å². The summed E-state index contributed by atoms with van der Waals surface area (Å²) in [6, 6.07) is 0. The summed E-state index contributed by atoms with van der Waals surface area (Å²) < 4.78 is 5.32. The highest BCUT2D eigenvalue weighted by molar-refractivity contribution is 7.07. The molecule has 5 heteroatoms. The van der Waals surface area contributed by atoms with Gasteiger partial charge < -0.3 is 4.74 Å². The van der Waals surface area contributed by atoms with Crippen molar-refractivity contribution >= 4 is 11.3 Å². The fourth-order valence-corrected chi connectivity index (χ4v) is 1.36. The van der Waals surface area contributed by atoms with Gasteiger partial charge in [0.05, 0.1) is 17.4 Å². The molecule has 2 aromatic heterocycles. The van der Waals surface area contributed by atoms with Crippen LogP contribution in [0.4, 0.5) is 0 Å². The van der Waals surface area contributed by atoms with Gasteiger partial charge in [0.2, 0.25) is 5.88 Å². The molecular weight excluding hydrogens is 186 g/mol. The van der Waals surface area contributed by atoms with Crippen LogP contribution in [0.1, 0.15) is 5.69 Å². The van der Waals surface area contributed by atoms with E-state index in [9.17, 15) is 0 Å². The average Bonchev–Trinajstić information content (AvgIpc) is 2.69. The largest absolute Gasteiger partial charge is 0.470 e. The van der Waals surface area contributed by atoms with E-state index < -0.39 is 0 Å². The Morgan fingerprint density at radius 2 is 2.31 bits per heavy atom. The number of rotatable bonds is 3. The van der Waals surface area contributed by atoms with Gasteiger partial charge >= 0.3 is 0 Å². The van der Waals surface area contributed by atoms with Crippen LogP contribution in [0.25, 0.3) is 0 Å². The van der Waals surface area contributed by atoms with E-state index in [-0.39, 0.29) is 0 Å². The number of ether oxygens (including phenoxy) is 1. The molecule has 13 heavy (non-hydrogen) atoms. The highest BCUT2D eigenvalue weighted by Gasteiger charge is 1.97. The average molecular weight is 193 g/mol. The molecule has 2 aromatic rings. The van der Waals surface area contributed by atoms with Gasteiger partial charge in [0.1, 0.15) is 6.61 Å². The Morgan fingerprint density at radius 3 is 3.00 bits per heavy atom. The Kier molecular flexibility index (Phi) is 2.47. The summed E-state index contributed by atoms with van der Waals surface area (Å²) in [6.07, 6.45) is 4.78. The molecular formula is C8H7N3OS. The SMILES string of the molecule is c1cnc(OCc2cscn2)cn1. The zero-order chi connectivity index (χ0) is 8.93. The van der Waals surface area contributed by atoms with Crippen LogP contribution in [0.15, 0.2) is 29.5 Å². The smallest absolute Gasteiger partial charge is 0.232 e. The summed E-state index contributed by atoms with van der Waals surface area (Å²) >= 11 is 1.55. The molecule has 0 atom stereocenters. The maximum atomic E-state index is 5.32. The van der Waals surface area contributed by atoms with Crippen molar-refractivity contribution in [3.63, 3.8) is 0 Å². The normalized spacial score (nSPS) is 9.85. The lowest BCUT2D eigenvalue weighted by molar-refractivity contribution is 0.288. The molecule has 0 N–H and O–H groups in total. The van der Waals surface area contributed by atoms with Crippen LogP contribution in [0.3, 0.4) is 0 Å².